The molecule has 12 nitrogen and oxygen atoms in total. The minimum atomic E-state index is -1.67. The molecule has 0 saturated carbocycles. The van der Waals surface area contributed by atoms with Crippen molar-refractivity contribution in [1.82, 2.24) is 0 Å². The first-order valence-electron chi connectivity index (χ1n) is 14.5. The van der Waals surface area contributed by atoms with E-state index in [1.807, 2.05) is 27.7 Å². The third-order valence-corrected chi connectivity index (χ3v) is 6.76. The Kier molecular flexibility index (Phi) is 14.4. The van der Waals surface area contributed by atoms with E-state index < -0.39 is 36.1 Å². The number of nitrogens with two attached hydrogens (primary N) is 1. The lowest BCUT2D eigenvalue weighted by Crippen LogP contribution is -2.53. The first kappa shape index (κ1) is 35.9. The van der Waals surface area contributed by atoms with Crippen molar-refractivity contribution in [1.29, 1.82) is 0 Å². The van der Waals surface area contributed by atoms with Gasteiger partial charge in [0.25, 0.3) is 0 Å². The quantitative estimate of drug-likeness (QED) is 0.137. The molecule has 2 N–H and O–H groups in total. The molecular weight excluding hydrogens is 574 g/mol. The normalized spacial score (nSPS) is 14.2. The summed E-state index contributed by atoms with van der Waals surface area (Å²) in [5.41, 5.74) is 5.26. The van der Waals surface area contributed by atoms with Gasteiger partial charge < -0.3 is 38.9 Å². The van der Waals surface area contributed by atoms with E-state index in [4.69, 9.17) is 38.9 Å². The lowest BCUT2D eigenvalue weighted by atomic mass is 9.86. The van der Waals surface area contributed by atoms with Gasteiger partial charge in [0.1, 0.15) is 17.4 Å². The fourth-order valence-electron chi connectivity index (χ4n) is 3.84. The Balaban J connectivity index is 2.24. The Hall–Kier alpha value is -4.32. The third-order valence-electron chi connectivity index (χ3n) is 6.76. The maximum absolute atomic E-state index is 12.8. The molecule has 0 heterocycles. The molecule has 0 aliphatic heterocycles. The highest BCUT2D eigenvalue weighted by Crippen LogP contribution is 2.32. The summed E-state index contributed by atoms with van der Waals surface area (Å²) in [4.78, 5) is 49.9. The molecule has 0 amide bonds. The molecule has 2 aromatic carbocycles. The van der Waals surface area contributed by atoms with Crippen molar-refractivity contribution >= 4 is 24.4 Å². The number of rotatable bonds is 15. The second-order valence-corrected chi connectivity index (χ2v) is 10.8. The fraction of sp³-hybridized carbons (Fsp3) is 0.500. The van der Waals surface area contributed by atoms with E-state index in [9.17, 15) is 19.2 Å². The molecule has 2 rings (SSSR count). The predicted octanol–water partition coefficient (Wildman–Crippen LogP) is 6.22. The number of esters is 1. The molecule has 4 atom stereocenters. The largest absolute Gasteiger partial charge is 0.514 e. The van der Waals surface area contributed by atoms with Crippen LogP contribution < -0.4 is 19.9 Å². The summed E-state index contributed by atoms with van der Waals surface area (Å²) in [6.45, 7) is 9.58. The summed E-state index contributed by atoms with van der Waals surface area (Å²) in [7, 11) is 1.18. The smallest absolute Gasteiger partial charge is 0.468 e. The van der Waals surface area contributed by atoms with Crippen molar-refractivity contribution < 1.29 is 52.3 Å². The van der Waals surface area contributed by atoms with E-state index in [1.54, 1.807) is 37.3 Å². The number of carbonyl (C=O) groups excluding carboxylic acids is 4. The molecule has 0 aliphatic rings. The van der Waals surface area contributed by atoms with Crippen molar-refractivity contribution in [2.45, 2.75) is 71.9 Å². The van der Waals surface area contributed by atoms with Gasteiger partial charge in [-0.2, -0.15) is 0 Å². The van der Waals surface area contributed by atoms with Crippen molar-refractivity contribution in [3.05, 3.63) is 54.1 Å². The van der Waals surface area contributed by atoms with Gasteiger partial charge in [-0.1, -0.05) is 64.8 Å². The van der Waals surface area contributed by atoms with Gasteiger partial charge in [0.2, 0.25) is 0 Å². The number of methoxy groups -OCH3 is 1. The lowest BCUT2D eigenvalue weighted by molar-refractivity contribution is -0.148. The Morgan fingerprint density at radius 1 is 0.773 bits per heavy atom. The Morgan fingerprint density at radius 3 is 1.89 bits per heavy atom. The van der Waals surface area contributed by atoms with Crippen molar-refractivity contribution in [2.24, 2.45) is 17.6 Å². The average Bonchev–Trinajstić information content (AvgIpc) is 2.99. The maximum Gasteiger partial charge on any atom is 0.514 e. The van der Waals surface area contributed by atoms with Crippen LogP contribution in [0.15, 0.2) is 48.5 Å². The highest BCUT2D eigenvalue weighted by atomic mass is 16.7. The number of hydrogen-bond donors (Lipinski definition) is 1. The molecule has 3 unspecified atom stereocenters. The van der Waals surface area contributed by atoms with Crippen LogP contribution in [0, 0.1) is 11.8 Å². The maximum atomic E-state index is 12.8. The Morgan fingerprint density at radius 2 is 1.34 bits per heavy atom. The van der Waals surface area contributed by atoms with E-state index >= 15 is 0 Å². The Bertz CT molecular complexity index is 1240. The molecule has 0 radical (unpaired) electrons. The average molecular weight is 618 g/mol. The topological polar surface area (TPSA) is 159 Å². The van der Waals surface area contributed by atoms with Crippen molar-refractivity contribution in [3.63, 3.8) is 0 Å². The van der Waals surface area contributed by atoms with Crippen molar-refractivity contribution in [3.8, 4) is 17.2 Å². The SMILES string of the molecule is CCC(C)COC(=O)Oc1ccc(C[C@](N)(CC(C)OC(=O)Oc2ccccc2)C(=O)OC)cc1OC(=O)OCC(C)CC. The first-order valence-corrected chi connectivity index (χ1v) is 14.5. The number of carbonyl (C=O) groups is 4. The predicted molar refractivity (Wildman–Crippen MR) is 160 cm³/mol. The van der Waals surface area contributed by atoms with Crippen LogP contribution in [0.1, 0.15) is 59.4 Å². The lowest BCUT2D eigenvalue weighted by Gasteiger charge is -2.29. The first-order chi connectivity index (χ1) is 20.9. The van der Waals surface area contributed by atoms with Crippen LogP contribution in [0.3, 0.4) is 0 Å². The summed E-state index contributed by atoms with van der Waals surface area (Å²) in [5.74, 6) is -0.512. The van der Waals surface area contributed by atoms with Gasteiger partial charge in [0.15, 0.2) is 11.5 Å². The highest BCUT2D eigenvalue weighted by molar-refractivity contribution is 5.81. The van der Waals surface area contributed by atoms with Gasteiger partial charge in [-0.25, -0.2) is 14.4 Å². The van der Waals surface area contributed by atoms with Crippen molar-refractivity contribution in [2.75, 3.05) is 20.3 Å². The van der Waals surface area contributed by atoms with Crippen LogP contribution >= 0.6 is 0 Å². The summed E-state index contributed by atoms with van der Waals surface area (Å²) in [5, 5.41) is 0. The summed E-state index contributed by atoms with van der Waals surface area (Å²) in [6, 6.07) is 12.7. The van der Waals surface area contributed by atoms with Crippen LogP contribution in [-0.2, 0) is 30.2 Å². The van der Waals surface area contributed by atoms with Gasteiger partial charge in [0, 0.05) is 12.8 Å². The van der Waals surface area contributed by atoms with Gasteiger partial charge in [-0.3, -0.25) is 4.79 Å². The van der Waals surface area contributed by atoms with E-state index in [2.05, 4.69) is 0 Å². The van der Waals surface area contributed by atoms with Gasteiger partial charge in [-0.15, -0.1) is 0 Å². The second-order valence-electron chi connectivity index (χ2n) is 10.8. The van der Waals surface area contributed by atoms with Gasteiger partial charge in [-0.05, 0) is 48.6 Å². The van der Waals surface area contributed by atoms with E-state index in [0.717, 1.165) is 12.8 Å². The molecule has 0 aliphatic carbocycles. The zero-order valence-electron chi connectivity index (χ0n) is 26.2. The summed E-state index contributed by atoms with van der Waals surface area (Å²) < 4.78 is 36.5. The van der Waals surface area contributed by atoms with E-state index in [1.165, 1.54) is 25.3 Å². The van der Waals surface area contributed by atoms with Crippen LogP contribution in [-0.4, -0.2) is 56.4 Å². The molecule has 0 aromatic heterocycles. The number of ether oxygens (including phenoxy) is 7. The molecule has 242 valence electrons. The van der Waals surface area contributed by atoms with Gasteiger partial charge in [0.05, 0.1) is 20.3 Å². The molecular formula is C32H43NO11. The van der Waals surface area contributed by atoms with Gasteiger partial charge >= 0.3 is 24.4 Å². The zero-order valence-corrected chi connectivity index (χ0v) is 26.2. The summed E-state index contributed by atoms with van der Waals surface area (Å²) in [6.07, 6.45) is -2.49. The molecule has 0 spiro atoms. The standard InChI is InChI=1S/C32H43NO11/c1-7-21(3)19-39-29(35)43-26-15-14-24(16-27(26)44-30(36)40-20-22(4)8-2)18-32(33,28(34)38-6)17-23(5)41-31(37)42-25-12-10-9-11-13-25/h9-16,21-23H,7-8,17-20,33H2,1-6H3/t21?,22?,23?,32-/m1/s1. The monoisotopic (exact) mass is 617 g/mol. The Labute approximate surface area is 258 Å². The molecule has 0 bridgehead atoms. The van der Waals surface area contributed by atoms with E-state index in [0.29, 0.717) is 5.56 Å². The molecule has 0 fully saturated rings. The fourth-order valence-corrected chi connectivity index (χ4v) is 3.84. The third kappa shape index (κ3) is 12.1. The zero-order chi connectivity index (χ0) is 32.7. The van der Waals surface area contributed by atoms with E-state index in [-0.39, 0.29) is 55.1 Å². The van der Waals surface area contributed by atoms with Crippen LogP contribution in [0.25, 0.3) is 0 Å². The second kappa shape index (κ2) is 17.7. The number of hydrogen-bond acceptors (Lipinski definition) is 12. The van der Waals surface area contributed by atoms with Crippen LogP contribution in [0.5, 0.6) is 17.2 Å². The molecule has 0 saturated heterocycles. The molecule has 44 heavy (non-hydrogen) atoms. The molecule has 12 heteroatoms. The summed E-state index contributed by atoms with van der Waals surface area (Å²) >= 11 is 0. The number of para-hydroxylation sites is 1. The van der Waals surface area contributed by atoms with Crippen LogP contribution in [0.2, 0.25) is 0 Å². The minimum Gasteiger partial charge on any atom is -0.468 e. The number of benzene rings is 2. The van der Waals surface area contributed by atoms with Crippen LogP contribution in [0.4, 0.5) is 14.4 Å². The molecule has 2 aromatic rings. The highest BCUT2D eigenvalue weighted by Gasteiger charge is 2.38. The minimum absolute atomic E-state index is 0.104.